The number of aliphatic hydroxyl groups excluding tert-OH is 1. The average molecular weight is 194 g/mol. The fourth-order valence-corrected chi connectivity index (χ4v) is 1.51. The van der Waals surface area contributed by atoms with Crippen LogP contribution in [0.15, 0.2) is 24.3 Å². The molecule has 1 aromatic rings. The maximum absolute atomic E-state index is 8.91. The number of benzene rings is 1. The summed E-state index contributed by atoms with van der Waals surface area (Å²) in [5, 5.41) is 8.91. The SMILES string of the molecule is COCC(C)(C)c1ccc(CO)cc1. The van der Waals surface area contributed by atoms with E-state index in [0.29, 0.717) is 6.61 Å². The van der Waals surface area contributed by atoms with Crippen molar-refractivity contribution >= 4 is 0 Å². The molecule has 0 bridgehead atoms. The van der Waals surface area contributed by atoms with Crippen molar-refractivity contribution in [2.45, 2.75) is 25.9 Å². The van der Waals surface area contributed by atoms with Gasteiger partial charge in [-0.3, -0.25) is 0 Å². The molecule has 0 unspecified atom stereocenters. The molecule has 0 saturated heterocycles. The largest absolute Gasteiger partial charge is 0.392 e. The van der Waals surface area contributed by atoms with Crippen LogP contribution in [0.25, 0.3) is 0 Å². The van der Waals surface area contributed by atoms with Gasteiger partial charge in [0, 0.05) is 12.5 Å². The van der Waals surface area contributed by atoms with Crippen LogP contribution in [0.1, 0.15) is 25.0 Å². The van der Waals surface area contributed by atoms with Gasteiger partial charge in [0.15, 0.2) is 0 Å². The van der Waals surface area contributed by atoms with Crippen LogP contribution in [0.4, 0.5) is 0 Å². The van der Waals surface area contributed by atoms with Crippen molar-refractivity contribution < 1.29 is 9.84 Å². The molecule has 0 aliphatic heterocycles. The first-order valence-electron chi connectivity index (χ1n) is 4.79. The van der Waals surface area contributed by atoms with Crippen LogP contribution in [-0.2, 0) is 16.8 Å². The lowest BCUT2D eigenvalue weighted by Gasteiger charge is -2.24. The van der Waals surface area contributed by atoms with Crippen LogP contribution in [0.2, 0.25) is 0 Å². The quantitative estimate of drug-likeness (QED) is 0.795. The van der Waals surface area contributed by atoms with E-state index in [1.165, 1.54) is 5.56 Å². The Morgan fingerprint density at radius 3 is 2.21 bits per heavy atom. The highest BCUT2D eigenvalue weighted by atomic mass is 16.5. The maximum atomic E-state index is 8.91. The van der Waals surface area contributed by atoms with Gasteiger partial charge in [-0.25, -0.2) is 0 Å². The Labute approximate surface area is 85.5 Å². The van der Waals surface area contributed by atoms with Crippen molar-refractivity contribution in [1.29, 1.82) is 0 Å². The Balaban J connectivity index is 2.85. The zero-order valence-corrected chi connectivity index (χ0v) is 9.08. The Morgan fingerprint density at radius 2 is 1.79 bits per heavy atom. The Hall–Kier alpha value is -0.860. The van der Waals surface area contributed by atoms with Crippen LogP contribution in [0.3, 0.4) is 0 Å². The van der Waals surface area contributed by atoms with Crippen LogP contribution < -0.4 is 0 Å². The average Bonchev–Trinajstić information content (AvgIpc) is 2.18. The van der Waals surface area contributed by atoms with E-state index >= 15 is 0 Å². The second-order valence-electron chi connectivity index (χ2n) is 4.17. The molecule has 1 aromatic carbocycles. The third kappa shape index (κ3) is 2.56. The molecule has 0 spiro atoms. The van der Waals surface area contributed by atoms with E-state index < -0.39 is 0 Å². The summed E-state index contributed by atoms with van der Waals surface area (Å²) in [7, 11) is 1.71. The zero-order chi connectivity index (χ0) is 10.6. The van der Waals surface area contributed by atoms with Crippen molar-refractivity contribution in [1.82, 2.24) is 0 Å². The van der Waals surface area contributed by atoms with Crippen molar-refractivity contribution in [3.8, 4) is 0 Å². The maximum Gasteiger partial charge on any atom is 0.0681 e. The normalized spacial score (nSPS) is 11.7. The van der Waals surface area contributed by atoms with Crippen molar-refractivity contribution in [3.05, 3.63) is 35.4 Å². The molecule has 1 N–H and O–H groups in total. The van der Waals surface area contributed by atoms with Gasteiger partial charge in [-0.2, -0.15) is 0 Å². The lowest BCUT2D eigenvalue weighted by atomic mass is 9.85. The van der Waals surface area contributed by atoms with Gasteiger partial charge in [-0.15, -0.1) is 0 Å². The molecule has 0 aliphatic rings. The third-order valence-corrected chi connectivity index (χ3v) is 2.42. The predicted octanol–water partition coefficient (Wildman–Crippen LogP) is 2.10. The van der Waals surface area contributed by atoms with Gasteiger partial charge in [-0.1, -0.05) is 38.1 Å². The van der Waals surface area contributed by atoms with Crippen LogP contribution in [0.5, 0.6) is 0 Å². The molecule has 0 heterocycles. The summed E-state index contributed by atoms with van der Waals surface area (Å²) in [5.41, 5.74) is 2.21. The summed E-state index contributed by atoms with van der Waals surface area (Å²) in [6, 6.07) is 7.99. The van der Waals surface area contributed by atoms with Gasteiger partial charge in [0.05, 0.1) is 13.2 Å². The minimum Gasteiger partial charge on any atom is -0.392 e. The lowest BCUT2D eigenvalue weighted by molar-refractivity contribution is 0.146. The molecule has 14 heavy (non-hydrogen) atoms. The van der Waals surface area contributed by atoms with E-state index in [-0.39, 0.29) is 12.0 Å². The van der Waals surface area contributed by atoms with Crippen molar-refractivity contribution in [3.63, 3.8) is 0 Å². The first-order valence-corrected chi connectivity index (χ1v) is 4.79. The first-order chi connectivity index (χ1) is 6.60. The third-order valence-electron chi connectivity index (χ3n) is 2.42. The molecule has 0 aromatic heterocycles. The van der Waals surface area contributed by atoms with Gasteiger partial charge in [0.2, 0.25) is 0 Å². The van der Waals surface area contributed by atoms with Gasteiger partial charge in [0.1, 0.15) is 0 Å². The fourth-order valence-electron chi connectivity index (χ4n) is 1.51. The van der Waals surface area contributed by atoms with E-state index in [4.69, 9.17) is 9.84 Å². The van der Waals surface area contributed by atoms with Gasteiger partial charge < -0.3 is 9.84 Å². The number of hydrogen-bond donors (Lipinski definition) is 1. The zero-order valence-electron chi connectivity index (χ0n) is 9.08. The minimum atomic E-state index is 0.0305. The highest BCUT2D eigenvalue weighted by molar-refractivity contribution is 5.27. The molecule has 0 saturated carbocycles. The number of aliphatic hydroxyl groups is 1. The molecular weight excluding hydrogens is 176 g/mol. The van der Waals surface area contributed by atoms with Crippen LogP contribution in [0, 0.1) is 0 Å². The standard InChI is InChI=1S/C12H18O2/c1-12(2,9-14-3)11-6-4-10(8-13)5-7-11/h4-7,13H,8-9H2,1-3H3. The number of ether oxygens (including phenoxy) is 1. The number of hydrogen-bond acceptors (Lipinski definition) is 2. The summed E-state index contributed by atoms with van der Waals surface area (Å²) in [6.45, 7) is 5.09. The second kappa shape index (κ2) is 4.58. The van der Waals surface area contributed by atoms with Gasteiger partial charge >= 0.3 is 0 Å². The minimum absolute atomic E-state index is 0.0305. The monoisotopic (exact) mass is 194 g/mol. The first kappa shape index (κ1) is 11.2. The summed E-state index contributed by atoms with van der Waals surface area (Å²) >= 11 is 0. The fraction of sp³-hybridized carbons (Fsp3) is 0.500. The molecule has 78 valence electrons. The van der Waals surface area contributed by atoms with Gasteiger partial charge in [-0.05, 0) is 11.1 Å². The Bertz CT molecular complexity index is 275. The molecule has 0 atom stereocenters. The van der Waals surface area contributed by atoms with Crippen LogP contribution in [-0.4, -0.2) is 18.8 Å². The summed E-state index contributed by atoms with van der Waals surface area (Å²) in [5.74, 6) is 0. The predicted molar refractivity (Wildman–Crippen MR) is 57.3 cm³/mol. The lowest BCUT2D eigenvalue weighted by Crippen LogP contribution is -2.23. The molecule has 1 rings (SSSR count). The molecule has 0 amide bonds. The smallest absolute Gasteiger partial charge is 0.0681 e. The van der Waals surface area contributed by atoms with Crippen molar-refractivity contribution in [2.75, 3.05) is 13.7 Å². The highest BCUT2D eigenvalue weighted by Crippen LogP contribution is 2.23. The summed E-state index contributed by atoms with van der Waals surface area (Å²) < 4.78 is 5.17. The highest BCUT2D eigenvalue weighted by Gasteiger charge is 2.19. The van der Waals surface area contributed by atoms with Gasteiger partial charge in [0.25, 0.3) is 0 Å². The number of rotatable bonds is 4. The topological polar surface area (TPSA) is 29.5 Å². The summed E-state index contributed by atoms with van der Waals surface area (Å²) in [4.78, 5) is 0. The van der Waals surface area contributed by atoms with E-state index in [0.717, 1.165) is 5.56 Å². The van der Waals surface area contributed by atoms with E-state index in [1.807, 2.05) is 24.3 Å². The molecule has 0 radical (unpaired) electrons. The Kier molecular flexibility index (Phi) is 3.67. The molecule has 0 aliphatic carbocycles. The molecule has 0 fully saturated rings. The van der Waals surface area contributed by atoms with E-state index in [9.17, 15) is 0 Å². The molecular formula is C12H18O2. The van der Waals surface area contributed by atoms with Crippen LogP contribution >= 0.6 is 0 Å². The second-order valence-corrected chi connectivity index (χ2v) is 4.17. The molecule has 2 nitrogen and oxygen atoms in total. The Morgan fingerprint density at radius 1 is 1.21 bits per heavy atom. The van der Waals surface area contributed by atoms with E-state index in [1.54, 1.807) is 7.11 Å². The van der Waals surface area contributed by atoms with Crippen molar-refractivity contribution in [2.24, 2.45) is 0 Å². The summed E-state index contributed by atoms with van der Waals surface area (Å²) in [6.07, 6.45) is 0. The molecule has 2 heteroatoms. The van der Waals surface area contributed by atoms with E-state index in [2.05, 4.69) is 13.8 Å². The number of methoxy groups -OCH3 is 1.